The summed E-state index contributed by atoms with van der Waals surface area (Å²) in [6.07, 6.45) is 3.21. The summed E-state index contributed by atoms with van der Waals surface area (Å²) in [5.74, 6) is 0.246. The predicted octanol–water partition coefficient (Wildman–Crippen LogP) is 0.997. The van der Waals surface area contributed by atoms with Crippen molar-refractivity contribution in [2.75, 3.05) is 19.6 Å². The Balaban J connectivity index is 2.03. The average molecular weight is 196 g/mol. The fourth-order valence-electron chi connectivity index (χ4n) is 2.73. The van der Waals surface area contributed by atoms with Crippen LogP contribution in [0.5, 0.6) is 0 Å². The van der Waals surface area contributed by atoms with Crippen LogP contribution in [0.4, 0.5) is 0 Å². The Morgan fingerprint density at radius 3 is 2.86 bits per heavy atom. The van der Waals surface area contributed by atoms with Crippen molar-refractivity contribution in [2.24, 2.45) is 5.41 Å². The lowest BCUT2D eigenvalue weighted by Crippen LogP contribution is -2.47. The van der Waals surface area contributed by atoms with Crippen LogP contribution in [-0.2, 0) is 4.79 Å². The first-order valence-electron chi connectivity index (χ1n) is 5.62. The second-order valence-electron chi connectivity index (χ2n) is 5.12. The van der Waals surface area contributed by atoms with Crippen molar-refractivity contribution >= 4 is 5.91 Å². The predicted molar refractivity (Wildman–Crippen MR) is 56.0 cm³/mol. The summed E-state index contributed by atoms with van der Waals surface area (Å²) in [7, 11) is 0. The van der Waals surface area contributed by atoms with Crippen LogP contribution in [0.15, 0.2) is 0 Å². The van der Waals surface area contributed by atoms with Gasteiger partial charge in [-0.1, -0.05) is 0 Å². The summed E-state index contributed by atoms with van der Waals surface area (Å²) in [5.41, 5.74) is 0.263. The van der Waals surface area contributed by atoms with Gasteiger partial charge in [-0.05, 0) is 33.2 Å². The molecule has 0 radical (unpaired) electrons. The standard InChI is InChI=1S/C11H20N2O/c1-9(2)13-5-3-4-11(8-13)6-10(14)12-7-11/h9H,3-8H2,1-2H3,(H,12,14)/t11-/m1/s1. The number of carbonyl (C=O) groups excluding carboxylic acids is 1. The van der Waals surface area contributed by atoms with Crippen molar-refractivity contribution in [3.05, 3.63) is 0 Å². The van der Waals surface area contributed by atoms with Crippen LogP contribution < -0.4 is 5.32 Å². The minimum Gasteiger partial charge on any atom is -0.355 e. The number of carbonyl (C=O) groups is 1. The van der Waals surface area contributed by atoms with Gasteiger partial charge in [-0.15, -0.1) is 0 Å². The van der Waals surface area contributed by atoms with E-state index >= 15 is 0 Å². The first kappa shape index (κ1) is 9.97. The minimum absolute atomic E-state index is 0.246. The number of nitrogens with one attached hydrogen (secondary N) is 1. The van der Waals surface area contributed by atoms with Crippen LogP contribution in [0.2, 0.25) is 0 Å². The molecule has 0 bridgehead atoms. The van der Waals surface area contributed by atoms with Gasteiger partial charge in [0.15, 0.2) is 0 Å². The first-order chi connectivity index (χ1) is 6.61. The van der Waals surface area contributed by atoms with E-state index in [0.29, 0.717) is 6.04 Å². The van der Waals surface area contributed by atoms with Crippen molar-refractivity contribution in [1.29, 1.82) is 0 Å². The molecular formula is C11H20N2O. The summed E-state index contributed by atoms with van der Waals surface area (Å²) in [6.45, 7) is 7.68. The SMILES string of the molecule is CC(C)N1CCC[C@@]2(CNC(=O)C2)C1. The van der Waals surface area contributed by atoms with Crippen LogP contribution in [0.3, 0.4) is 0 Å². The molecule has 2 aliphatic rings. The van der Waals surface area contributed by atoms with E-state index in [-0.39, 0.29) is 11.3 Å². The molecule has 2 fully saturated rings. The monoisotopic (exact) mass is 196 g/mol. The normalized spacial score (nSPS) is 34.1. The zero-order valence-electron chi connectivity index (χ0n) is 9.18. The van der Waals surface area contributed by atoms with Crippen molar-refractivity contribution < 1.29 is 4.79 Å². The van der Waals surface area contributed by atoms with Gasteiger partial charge in [0, 0.05) is 31.0 Å². The van der Waals surface area contributed by atoms with Gasteiger partial charge in [-0.2, -0.15) is 0 Å². The van der Waals surface area contributed by atoms with E-state index in [2.05, 4.69) is 24.1 Å². The number of hydrogen-bond donors (Lipinski definition) is 1. The largest absolute Gasteiger partial charge is 0.355 e. The molecule has 2 heterocycles. The van der Waals surface area contributed by atoms with Crippen LogP contribution in [0.25, 0.3) is 0 Å². The smallest absolute Gasteiger partial charge is 0.220 e. The molecule has 2 saturated heterocycles. The molecule has 0 aromatic carbocycles. The second-order valence-corrected chi connectivity index (χ2v) is 5.12. The van der Waals surface area contributed by atoms with Gasteiger partial charge in [0.05, 0.1) is 0 Å². The molecule has 1 atom stereocenters. The molecule has 1 amide bonds. The average Bonchev–Trinajstić information content (AvgIpc) is 2.47. The van der Waals surface area contributed by atoms with E-state index in [1.54, 1.807) is 0 Å². The Labute approximate surface area is 85.8 Å². The van der Waals surface area contributed by atoms with E-state index < -0.39 is 0 Å². The molecule has 0 aromatic heterocycles. The quantitative estimate of drug-likeness (QED) is 0.678. The number of nitrogens with zero attached hydrogens (tertiary/aromatic N) is 1. The van der Waals surface area contributed by atoms with Gasteiger partial charge in [0.2, 0.25) is 5.91 Å². The zero-order valence-corrected chi connectivity index (χ0v) is 9.18. The maximum Gasteiger partial charge on any atom is 0.220 e. The highest BCUT2D eigenvalue weighted by Crippen LogP contribution is 2.36. The second kappa shape index (κ2) is 3.54. The van der Waals surface area contributed by atoms with E-state index in [0.717, 1.165) is 19.5 Å². The summed E-state index contributed by atoms with van der Waals surface area (Å²) < 4.78 is 0. The van der Waals surface area contributed by atoms with Gasteiger partial charge in [-0.25, -0.2) is 0 Å². The number of hydrogen-bond acceptors (Lipinski definition) is 2. The highest BCUT2D eigenvalue weighted by Gasteiger charge is 2.41. The van der Waals surface area contributed by atoms with E-state index in [1.807, 2.05) is 0 Å². The Kier molecular flexibility index (Phi) is 2.52. The maximum absolute atomic E-state index is 11.3. The van der Waals surface area contributed by atoms with Crippen LogP contribution in [0.1, 0.15) is 33.1 Å². The third-order valence-electron chi connectivity index (χ3n) is 3.62. The number of amides is 1. The molecule has 0 unspecified atom stereocenters. The van der Waals surface area contributed by atoms with Crippen LogP contribution in [-0.4, -0.2) is 36.5 Å². The summed E-state index contributed by atoms with van der Waals surface area (Å²) in [6, 6.07) is 0.614. The lowest BCUT2D eigenvalue weighted by atomic mass is 9.79. The number of likely N-dealkylation sites (tertiary alicyclic amines) is 1. The molecule has 0 aromatic rings. The van der Waals surface area contributed by atoms with Crippen molar-refractivity contribution in [1.82, 2.24) is 10.2 Å². The van der Waals surface area contributed by atoms with Crippen molar-refractivity contribution in [2.45, 2.75) is 39.2 Å². The molecule has 80 valence electrons. The molecule has 3 nitrogen and oxygen atoms in total. The molecule has 2 rings (SSSR count). The molecule has 2 aliphatic heterocycles. The molecule has 1 spiro atoms. The van der Waals surface area contributed by atoms with Gasteiger partial charge in [0.25, 0.3) is 0 Å². The third kappa shape index (κ3) is 1.78. The molecular weight excluding hydrogens is 176 g/mol. The number of rotatable bonds is 1. The zero-order chi connectivity index (χ0) is 10.2. The minimum atomic E-state index is 0.246. The van der Waals surface area contributed by atoms with Crippen molar-refractivity contribution in [3.8, 4) is 0 Å². The molecule has 0 aliphatic carbocycles. The lowest BCUT2D eigenvalue weighted by Gasteiger charge is -2.41. The van der Waals surface area contributed by atoms with E-state index in [4.69, 9.17) is 0 Å². The Morgan fingerprint density at radius 1 is 1.50 bits per heavy atom. The van der Waals surface area contributed by atoms with Crippen LogP contribution >= 0.6 is 0 Å². The van der Waals surface area contributed by atoms with E-state index in [1.165, 1.54) is 19.4 Å². The molecule has 0 saturated carbocycles. The fraction of sp³-hybridized carbons (Fsp3) is 0.909. The highest BCUT2D eigenvalue weighted by atomic mass is 16.1. The molecule has 3 heteroatoms. The van der Waals surface area contributed by atoms with Gasteiger partial charge < -0.3 is 10.2 Å². The summed E-state index contributed by atoms with van der Waals surface area (Å²) in [5, 5.41) is 2.97. The summed E-state index contributed by atoms with van der Waals surface area (Å²) in [4.78, 5) is 13.8. The first-order valence-corrected chi connectivity index (χ1v) is 5.62. The lowest BCUT2D eigenvalue weighted by molar-refractivity contribution is -0.120. The maximum atomic E-state index is 11.3. The van der Waals surface area contributed by atoms with Crippen LogP contribution in [0, 0.1) is 5.41 Å². The topological polar surface area (TPSA) is 32.3 Å². The Morgan fingerprint density at radius 2 is 2.29 bits per heavy atom. The Bertz CT molecular complexity index is 239. The van der Waals surface area contributed by atoms with Gasteiger partial charge in [0.1, 0.15) is 0 Å². The Hall–Kier alpha value is -0.570. The molecule has 1 N–H and O–H groups in total. The van der Waals surface area contributed by atoms with E-state index in [9.17, 15) is 4.79 Å². The van der Waals surface area contributed by atoms with Gasteiger partial charge >= 0.3 is 0 Å². The fourth-order valence-corrected chi connectivity index (χ4v) is 2.73. The number of piperidine rings is 1. The third-order valence-corrected chi connectivity index (χ3v) is 3.62. The van der Waals surface area contributed by atoms with Crippen molar-refractivity contribution in [3.63, 3.8) is 0 Å². The summed E-state index contributed by atoms with van der Waals surface area (Å²) >= 11 is 0. The van der Waals surface area contributed by atoms with Gasteiger partial charge in [-0.3, -0.25) is 4.79 Å². The highest BCUT2D eigenvalue weighted by molar-refractivity contribution is 5.79. The molecule has 14 heavy (non-hydrogen) atoms.